The van der Waals surface area contributed by atoms with E-state index in [1.54, 1.807) is 0 Å². The van der Waals surface area contributed by atoms with Gasteiger partial charge in [0.25, 0.3) is 0 Å². The normalized spacial score (nSPS) is 11.4. The summed E-state index contributed by atoms with van der Waals surface area (Å²) in [5.74, 6) is -1.75. The molecule has 7 nitrogen and oxygen atoms in total. The van der Waals surface area contributed by atoms with Crippen LogP contribution in [0.15, 0.2) is 47.2 Å². The van der Waals surface area contributed by atoms with Gasteiger partial charge in [0.2, 0.25) is 5.95 Å². The number of rotatable bonds is 7. The molecule has 0 aliphatic heterocycles. The standard InChI is InChI=1S/C18H13BrF4N4O3/c19-11-1-2-15(30-18(21,22)23)13(8-11)26-17-24-5-3-12(25-17)14-7-10(16(28)29)9-27(14)6-4-20/h1-3,5,7-9H,4,6H2,(H,28,29)(H,24,25,26). The smallest absolute Gasteiger partial charge is 0.478 e. The molecule has 2 aromatic heterocycles. The molecular formula is C18H13BrF4N4O3. The highest BCUT2D eigenvalue weighted by Crippen LogP contribution is 2.34. The summed E-state index contributed by atoms with van der Waals surface area (Å²) in [6, 6.07) is 6.64. The van der Waals surface area contributed by atoms with Crippen molar-refractivity contribution in [3.05, 3.63) is 52.8 Å². The highest BCUT2D eigenvalue weighted by atomic mass is 79.9. The number of hydrogen-bond acceptors (Lipinski definition) is 5. The number of hydrogen-bond donors (Lipinski definition) is 2. The zero-order chi connectivity index (χ0) is 21.9. The second kappa shape index (κ2) is 8.69. The molecule has 30 heavy (non-hydrogen) atoms. The molecule has 1 aromatic carbocycles. The number of aryl methyl sites for hydroxylation is 1. The van der Waals surface area contributed by atoms with Gasteiger partial charge in [-0.15, -0.1) is 13.2 Å². The average Bonchev–Trinajstić information content (AvgIpc) is 3.08. The molecule has 2 N–H and O–H groups in total. The molecular weight excluding hydrogens is 476 g/mol. The molecule has 3 aromatic rings. The number of nitrogens with one attached hydrogen (secondary N) is 1. The number of ether oxygens (including phenoxy) is 1. The number of alkyl halides is 4. The van der Waals surface area contributed by atoms with E-state index in [1.807, 2.05) is 0 Å². The van der Waals surface area contributed by atoms with Crippen LogP contribution in [0.25, 0.3) is 11.4 Å². The van der Waals surface area contributed by atoms with Crippen LogP contribution in [0.3, 0.4) is 0 Å². The third kappa shape index (κ3) is 5.26. The largest absolute Gasteiger partial charge is 0.573 e. The Morgan fingerprint density at radius 2 is 2.03 bits per heavy atom. The first-order valence-electron chi connectivity index (χ1n) is 8.31. The molecule has 158 valence electrons. The van der Waals surface area contributed by atoms with Crippen LogP contribution in [-0.4, -0.2) is 38.6 Å². The molecule has 0 bridgehead atoms. The van der Waals surface area contributed by atoms with Gasteiger partial charge in [-0.2, -0.15) is 0 Å². The van der Waals surface area contributed by atoms with Crippen LogP contribution in [0.1, 0.15) is 10.4 Å². The Kier molecular flexibility index (Phi) is 6.25. The van der Waals surface area contributed by atoms with Gasteiger partial charge in [-0.3, -0.25) is 0 Å². The minimum absolute atomic E-state index is 0.0517. The van der Waals surface area contributed by atoms with Crippen LogP contribution in [0.4, 0.5) is 29.2 Å². The first-order chi connectivity index (χ1) is 14.2. The predicted octanol–water partition coefficient (Wildman–Crippen LogP) is 5.02. The lowest BCUT2D eigenvalue weighted by molar-refractivity contribution is -0.274. The van der Waals surface area contributed by atoms with E-state index < -0.39 is 24.8 Å². The molecule has 0 aliphatic carbocycles. The second-order valence-electron chi connectivity index (χ2n) is 5.88. The fourth-order valence-electron chi connectivity index (χ4n) is 2.61. The van der Waals surface area contributed by atoms with Crippen LogP contribution in [-0.2, 0) is 6.54 Å². The van der Waals surface area contributed by atoms with Crippen molar-refractivity contribution < 1.29 is 32.2 Å². The van der Waals surface area contributed by atoms with E-state index in [1.165, 1.54) is 41.2 Å². The van der Waals surface area contributed by atoms with Crippen molar-refractivity contribution in [2.24, 2.45) is 0 Å². The maximum atomic E-state index is 12.8. The van der Waals surface area contributed by atoms with Gasteiger partial charge in [0, 0.05) is 16.9 Å². The quantitative estimate of drug-likeness (QED) is 0.454. The average molecular weight is 489 g/mol. The summed E-state index contributed by atoms with van der Waals surface area (Å²) in [7, 11) is 0. The molecule has 0 fully saturated rings. The van der Waals surface area contributed by atoms with Crippen molar-refractivity contribution in [2.75, 3.05) is 12.0 Å². The predicted molar refractivity (Wildman–Crippen MR) is 103 cm³/mol. The van der Waals surface area contributed by atoms with Gasteiger partial charge in [-0.1, -0.05) is 15.9 Å². The zero-order valence-electron chi connectivity index (χ0n) is 15.0. The number of carbonyl (C=O) groups is 1. The van der Waals surface area contributed by atoms with Gasteiger partial charge in [-0.05, 0) is 30.3 Å². The topological polar surface area (TPSA) is 89.3 Å². The number of carboxylic acids is 1. The lowest BCUT2D eigenvalue weighted by atomic mass is 10.2. The fourth-order valence-corrected chi connectivity index (χ4v) is 2.98. The Balaban J connectivity index is 1.96. The van der Waals surface area contributed by atoms with Crippen LogP contribution >= 0.6 is 15.9 Å². The van der Waals surface area contributed by atoms with Gasteiger partial charge in [-0.25, -0.2) is 19.2 Å². The van der Waals surface area contributed by atoms with E-state index in [2.05, 4.69) is 36.0 Å². The summed E-state index contributed by atoms with van der Waals surface area (Å²) in [5, 5.41) is 11.8. The second-order valence-corrected chi connectivity index (χ2v) is 6.80. The number of anilines is 2. The number of carboxylic acid groups (broad SMARTS) is 1. The van der Waals surface area contributed by atoms with E-state index in [0.29, 0.717) is 10.2 Å². The summed E-state index contributed by atoms with van der Waals surface area (Å²) >= 11 is 3.17. The first-order valence-corrected chi connectivity index (χ1v) is 9.11. The van der Waals surface area contributed by atoms with Crippen molar-refractivity contribution in [3.8, 4) is 17.1 Å². The van der Waals surface area contributed by atoms with E-state index in [0.717, 1.165) is 6.07 Å². The van der Waals surface area contributed by atoms with Gasteiger partial charge in [0.05, 0.1) is 29.2 Å². The maximum Gasteiger partial charge on any atom is 0.573 e. The number of aromatic carboxylic acids is 1. The highest BCUT2D eigenvalue weighted by Gasteiger charge is 2.32. The van der Waals surface area contributed by atoms with Crippen LogP contribution < -0.4 is 10.1 Å². The third-order valence-electron chi connectivity index (χ3n) is 3.80. The van der Waals surface area contributed by atoms with Crippen molar-refractivity contribution in [1.29, 1.82) is 0 Å². The van der Waals surface area contributed by atoms with E-state index in [9.17, 15) is 27.5 Å². The Labute approximate surface area is 175 Å². The minimum atomic E-state index is -4.90. The van der Waals surface area contributed by atoms with Gasteiger partial charge in [0.1, 0.15) is 6.67 Å². The number of aromatic nitrogens is 3. The summed E-state index contributed by atoms with van der Waals surface area (Å²) in [6.45, 7) is -0.822. The summed E-state index contributed by atoms with van der Waals surface area (Å²) in [4.78, 5) is 19.4. The van der Waals surface area contributed by atoms with E-state index in [-0.39, 0.29) is 29.4 Å². The number of nitrogens with zero attached hydrogens (tertiary/aromatic N) is 3. The Hall–Kier alpha value is -3.15. The maximum absolute atomic E-state index is 12.8. The van der Waals surface area contributed by atoms with Crippen molar-refractivity contribution in [2.45, 2.75) is 12.9 Å². The number of benzene rings is 1. The Bertz CT molecular complexity index is 1070. The molecule has 3 rings (SSSR count). The molecule has 0 saturated carbocycles. The molecule has 0 amide bonds. The lowest BCUT2D eigenvalue weighted by Gasteiger charge is -2.14. The van der Waals surface area contributed by atoms with Gasteiger partial charge >= 0.3 is 12.3 Å². The van der Waals surface area contributed by atoms with Crippen LogP contribution in [0.5, 0.6) is 5.75 Å². The van der Waals surface area contributed by atoms with E-state index >= 15 is 0 Å². The molecule has 0 atom stereocenters. The fraction of sp³-hybridized carbons (Fsp3) is 0.167. The van der Waals surface area contributed by atoms with Crippen LogP contribution in [0, 0.1) is 0 Å². The van der Waals surface area contributed by atoms with E-state index in [4.69, 9.17) is 0 Å². The Morgan fingerprint density at radius 3 is 2.70 bits per heavy atom. The SMILES string of the molecule is O=C(O)c1cc(-c2ccnc(Nc3cc(Br)ccc3OC(F)(F)F)n2)n(CCF)c1. The third-order valence-corrected chi connectivity index (χ3v) is 4.29. The summed E-state index contributed by atoms with van der Waals surface area (Å²) < 4.78 is 56.7. The van der Waals surface area contributed by atoms with Crippen molar-refractivity contribution >= 4 is 33.5 Å². The summed E-state index contributed by atoms with van der Waals surface area (Å²) in [6.07, 6.45) is -2.29. The first kappa shape index (κ1) is 21.6. The highest BCUT2D eigenvalue weighted by molar-refractivity contribution is 9.10. The van der Waals surface area contributed by atoms with Crippen molar-refractivity contribution in [1.82, 2.24) is 14.5 Å². The lowest BCUT2D eigenvalue weighted by Crippen LogP contribution is -2.18. The van der Waals surface area contributed by atoms with Crippen molar-refractivity contribution in [3.63, 3.8) is 0 Å². The minimum Gasteiger partial charge on any atom is -0.478 e. The molecule has 0 aliphatic rings. The molecule has 2 heterocycles. The molecule has 0 unspecified atom stereocenters. The number of halogens is 5. The molecule has 0 spiro atoms. The van der Waals surface area contributed by atoms with Gasteiger partial charge in [0.15, 0.2) is 5.75 Å². The summed E-state index contributed by atoms with van der Waals surface area (Å²) in [5.41, 5.74) is 0.460. The zero-order valence-corrected chi connectivity index (χ0v) is 16.5. The Morgan fingerprint density at radius 1 is 1.27 bits per heavy atom. The molecule has 0 saturated heterocycles. The van der Waals surface area contributed by atoms with Gasteiger partial charge < -0.3 is 19.7 Å². The molecule has 0 radical (unpaired) electrons. The molecule has 12 heteroatoms. The monoisotopic (exact) mass is 488 g/mol. The van der Waals surface area contributed by atoms with Crippen LogP contribution in [0.2, 0.25) is 0 Å².